The van der Waals surface area contributed by atoms with Gasteiger partial charge in [-0.15, -0.1) is 0 Å². The molecule has 20 heavy (non-hydrogen) atoms. The number of hydrogen-bond donors (Lipinski definition) is 1. The van der Waals surface area contributed by atoms with Gasteiger partial charge in [-0.25, -0.2) is 0 Å². The van der Waals surface area contributed by atoms with E-state index < -0.39 is 0 Å². The number of nitrogens with zero attached hydrogens (tertiary/aromatic N) is 2. The van der Waals surface area contributed by atoms with Gasteiger partial charge in [-0.3, -0.25) is 0 Å². The fraction of sp³-hybridized carbons (Fsp3) is 1.00. The smallest absolute Gasteiger partial charge is 0.0138 e. The van der Waals surface area contributed by atoms with E-state index in [2.05, 4.69) is 37.7 Å². The highest BCUT2D eigenvalue weighted by Crippen LogP contribution is 2.34. The molecule has 1 rings (SSSR count). The van der Waals surface area contributed by atoms with Crippen LogP contribution >= 0.6 is 0 Å². The van der Waals surface area contributed by atoms with Crippen LogP contribution in [0, 0.1) is 11.8 Å². The fourth-order valence-electron chi connectivity index (χ4n) is 3.84. The second-order valence-electron chi connectivity index (χ2n) is 6.82. The van der Waals surface area contributed by atoms with Gasteiger partial charge >= 0.3 is 0 Å². The summed E-state index contributed by atoms with van der Waals surface area (Å²) in [5.74, 6) is 1.66. The molecule has 0 bridgehead atoms. The van der Waals surface area contributed by atoms with Gasteiger partial charge < -0.3 is 15.5 Å². The first-order chi connectivity index (χ1) is 9.62. The Balaban J connectivity index is 2.54. The standard InChI is InChI=1S/C17H37N3/c1-5-8-15-9-10-16(14-18)17(13-15)20(6-2)12-7-11-19(3)4/h15-17H,5-14,18H2,1-4H3. The summed E-state index contributed by atoms with van der Waals surface area (Å²) in [6.45, 7) is 9.09. The van der Waals surface area contributed by atoms with E-state index in [1.54, 1.807) is 0 Å². The molecule has 1 aliphatic rings. The van der Waals surface area contributed by atoms with Gasteiger partial charge in [0.1, 0.15) is 0 Å². The van der Waals surface area contributed by atoms with Crippen molar-refractivity contribution >= 4 is 0 Å². The van der Waals surface area contributed by atoms with Crippen molar-refractivity contribution in [3.63, 3.8) is 0 Å². The summed E-state index contributed by atoms with van der Waals surface area (Å²) in [5, 5.41) is 0. The van der Waals surface area contributed by atoms with Crippen molar-refractivity contribution in [1.82, 2.24) is 9.80 Å². The Labute approximate surface area is 126 Å². The Morgan fingerprint density at radius 3 is 2.40 bits per heavy atom. The molecule has 0 heterocycles. The Morgan fingerprint density at radius 2 is 1.85 bits per heavy atom. The second kappa shape index (κ2) is 9.75. The first-order valence-corrected chi connectivity index (χ1v) is 8.71. The minimum absolute atomic E-state index is 0.724. The zero-order chi connectivity index (χ0) is 15.0. The van der Waals surface area contributed by atoms with Crippen LogP contribution in [-0.4, -0.2) is 56.1 Å². The molecule has 3 heteroatoms. The molecule has 0 amide bonds. The molecule has 0 aromatic carbocycles. The van der Waals surface area contributed by atoms with Crippen LogP contribution in [0.15, 0.2) is 0 Å². The lowest BCUT2D eigenvalue weighted by Crippen LogP contribution is -2.47. The van der Waals surface area contributed by atoms with Crippen molar-refractivity contribution < 1.29 is 0 Å². The van der Waals surface area contributed by atoms with Gasteiger partial charge in [0.25, 0.3) is 0 Å². The Morgan fingerprint density at radius 1 is 1.10 bits per heavy atom. The van der Waals surface area contributed by atoms with Crippen LogP contribution in [0.1, 0.15) is 52.4 Å². The van der Waals surface area contributed by atoms with E-state index in [9.17, 15) is 0 Å². The summed E-state index contributed by atoms with van der Waals surface area (Å²) in [6, 6.07) is 0.734. The van der Waals surface area contributed by atoms with Crippen molar-refractivity contribution in [2.75, 3.05) is 40.3 Å². The lowest BCUT2D eigenvalue weighted by Gasteiger charge is -2.42. The zero-order valence-corrected chi connectivity index (χ0v) is 14.3. The molecule has 1 saturated carbocycles. The molecule has 3 nitrogen and oxygen atoms in total. The third-order valence-electron chi connectivity index (χ3n) is 4.99. The summed E-state index contributed by atoms with van der Waals surface area (Å²) >= 11 is 0. The van der Waals surface area contributed by atoms with E-state index in [-0.39, 0.29) is 0 Å². The molecule has 0 spiro atoms. The monoisotopic (exact) mass is 283 g/mol. The topological polar surface area (TPSA) is 32.5 Å². The summed E-state index contributed by atoms with van der Waals surface area (Å²) < 4.78 is 0. The molecule has 0 aliphatic heterocycles. The highest BCUT2D eigenvalue weighted by molar-refractivity contribution is 4.87. The highest BCUT2D eigenvalue weighted by atomic mass is 15.2. The maximum atomic E-state index is 6.05. The van der Waals surface area contributed by atoms with Crippen LogP contribution in [0.2, 0.25) is 0 Å². The van der Waals surface area contributed by atoms with Gasteiger partial charge in [-0.2, -0.15) is 0 Å². The quantitative estimate of drug-likeness (QED) is 0.706. The van der Waals surface area contributed by atoms with Crippen molar-refractivity contribution in [2.45, 2.75) is 58.4 Å². The maximum Gasteiger partial charge on any atom is 0.0138 e. The van der Waals surface area contributed by atoms with Gasteiger partial charge in [0, 0.05) is 6.04 Å². The van der Waals surface area contributed by atoms with Gasteiger partial charge in [0.2, 0.25) is 0 Å². The predicted octanol–water partition coefficient (Wildman–Crippen LogP) is 2.80. The van der Waals surface area contributed by atoms with Crippen LogP contribution in [0.25, 0.3) is 0 Å². The fourth-order valence-corrected chi connectivity index (χ4v) is 3.84. The molecule has 1 aliphatic carbocycles. The van der Waals surface area contributed by atoms with E-state index in [4.69, 9.17) is 5.73 Å². The Hall–Kier alpha value is -0.120. The van der Waals surface area contributed by atoms with Crippen LogP contribution < -0.4 is 5.73 Å². The normalized spacial score (nSPS) is 27.4. The predicted molar refractivity (Wildman–Crippen MR) is 89.0 cm³/mol. The molecule has 2 N–H and O–H groups in total. The molecule has 0 saturated heterocycles. The highest BCUT2D eigenvalue weighted by Gasteiger charge is 2.32. The third-order valence-corrected chi connectivity index (χ3v) is 4.99. The number of rotatable bonds is 9. The Kier molecular flexibility index (Phi) is 8.74. The van der Waals surface area contributed by atoms with E-state index in [1.807, 2.05) is 0 Å². The van der Waals surface area contributed by atoms with Crippen molar-refractivity contribution in [2.24, 2.45) is 17.6 Å². The van der Waals surface area contributed by atoms with Crippen molar-refractivity contribution in [3.8, 4) is 0 Å². The van der Waals surface area contributed by atoms with Crippen LogP contribution in [0.3, 0.4) is 0 Å². The van der Waals surface area contributed by atoms with Crippen LogP contribution in [0.5, 0.6) is 0 Å². The Bertz CT molecular complexity index is 242. The van der Waals surface area contributed by atoms with Gasteiger partial charge in [0.05, 0.1) is 0 Å². The molecule has 1 fully saturated rings. The summed E-state index contributed by atoms with van der Waals surface area (Å²) in [6.07, 6.45) is 8.14. The summed E-state index contributed by atoms with van der Waals surface area (Å²) in [4.78, 5) is 5.00. The molecule has 3 atom stereocenters. The molecule has 3 unspecified atom stereocenters. The van der Waals surface area contributed by atoms with E-state index in [1.165, 1.54) is 58.2 Å². The van der Waals surface area contributed by atoms with Crippen molar-refractivity contribution in [1.29, 1.82) is 0 Å². The zero-order valence-electron chi connectivity index (χ0n) is 14.3. The van der Waals surface area contributed by atoms with Gasteiger partial charge in [-0.1, -0.05) is 33.1 Å². The second-order valence-corrected chi connectivity index (χ2v) is 6.82. The number of nitrogens with two attached hydrogens (primary N) is 1. The molecule has 0 aromatic rings. The van der Waals surface area contributed by atoms with Crippen LogP contribution in [-0.2, 0) is 0 Å². The minimum Gasteiger partial charge on any atom is -0.330 e. The third kappa shape index (κ3) is 5.71. The SMILES string of the molecule is CCCC1CCC(CN)C(N(CC)CCCN(C)C)C1. The van der Waals surface area contributed by atoms with E-state index >= 15 is 0 Å². The first-order valence-electron chi connectivity index (χ1n) is 8.71. The largest absolute Gasteiger partial charge is 0.330 e. The molecule has 120 valence electrons. The molecular weight excluding hydrogens is 246 g/mol. The minimum atomic E-state index is 0.724. The van der Waals surface area contributed by atoms with Crippen LogP contribution in [0.4, 0.5) is 0 Å². The molecular formula is C17H37N3. The maximum absolute atomic E-state index is 6.05. The molecule has 0 aromatic heterocycles. The molecule has 0 radical (unpaired) electrons. The summed E-state index contributed by atoms with van der Waals surface area (Å²) in [5.41, 5.74) is 6.05. The van der Waals surface area contributed by atoms with Crippen molar-refractivity contribution in [3.05, 3.63) is 0 Å². The average Bonchev–Trinajstić information content (AvgIpc) is 2.44. The average molecular weight is 284 g/mol. The van der Waals surface area contributed by atoms with Gasteiger partial charge in [-0.05, 0) is 71.4 Å². The van der Waals surface area contributed by atoms with E-state index in [0.717, 1.165) is 24.4 Å². The number of hydrogen-bond acceptors (Lipinski definition) is 3. The first kappa shape index (κ1) is 17.9. The van der Waals surface area contributed by atoms with Gasteiger partial charge in [0.15, 0.2) is 0 Å². The lowest BCUT2D eigenvalue weighted by atomic mass is 9.76. The van der Waals surface area contributed by atoms with E-state index in [0.29, 0.717) is 0 Å². The lowest BCUT2D eigenvalue weighted by molar-refractivity contribution is 0.0804. The summed E-state index contributed by atoms with van der Waals surface area (Å²) in [7, 11) is 4.33.